The van der Waals surface area contributed by atoms with Gasteiger partial charge in [0.25, 0.3) is 0 Å². The molecule has 0 N–H and O–H groups in total. The number of aromatic nitrogens is 1. The predicted molar refractivity (Wildman–Crippen MR) is 95.3 cm³/mol. The van der Waals surface area contributed by atoms with Crippen molar-refractivity contribution in [3.8, 4) is 5.75 Å². The molecule has 1 unspecified atom stereocenters. The number of carbonyl (C=O) groups excluding carboxylic acids is 1. The SMILES string of the molecule is COc1ccccc1C1CN(C(C)=O)CCN1Cc1csc(C)n1. The van der Waals surface area contributed by atoms with Crippen molar-refractivity contribution in [2.24, 2.45) is 0 Å². The molecule has 2 aromatic rings. The highest BCUT2D eigenvalue weighted by Crippen LogP contribution is 2.33. The molecule has 1 aliphatic heterocycles. The molecule has 1 atom stereocenters. The second-order valence-corrected chi connectivity index (χ2v) is 7.11. The van der Waals surface area contributed by atoms with Crippen molar-refractivity contribution < 1.29 is 9.53 Å². The molecule has 0 spiro atoms. The van der Waals surface area contributed by atoms with Gasteiger partial charge in [0.1, 0.15) is 5.75 Å². The van der Waals surface area contributed by atoms with E-state index in [0.717, 1.165) is 41.6 Å². The van der Waals surface area contributed by atoms with Gasteiger partial charge < -0.3 is 9.64 Å². The van der Waals surface area contributed by atoms with Crippen LogP contribution in [0, 0.1) is 6.92 Å². The molecular formula is C18H23N3O2S. The van der Waals surface area contributed by atoms with Crippen LogP contribution < -0.4 is 4.74 Å². The van der Waals surface area contributed by atoms with Crippen LogP contribution in [0.15, 0.2) is 29.6 Å². The Labute approximate surface area is 146 Å². The molecule has 1 amide bonds. The maximum Gasteiger partial charge on any atom is 0.219 e. The van der Waals surface area contributed by atoms with E-state index in [1.807, 2.05) is 30.0 Å². The van der Waals surface area contributed by atoms with Crippen LogP contribution >= 0.6 is 11.3 Å². The number of methoxy groups -OCH3 is 1. The molecule has 128 valence electrons. The highest BCUT2D eigenvalue weighted by Gasteiger charge is 2.31. The molecule has 6 heteroatoms. The fourth-order valence-electron chi connectivity index (χ4n) is 3.22. The van der Waals surface area contributed by atoms with E-state index < -0.39 is 0 Å². The van der Waals surface area contributed by atoms with Gasteiger partial charge in [-0.2, -0.15) is 0 Å². The summed E-state index contributed by atoms with van der Waals surface area (Å²) in [6, 6.07) is 8.18. The largest absolute Gasteiger partial charge is 0.496 e. The van der Waals surface area contributed by atoms with Crippen molar-refractivity contribution in [3.05, 3.63) is 45.9 Å². The van der Waals surface area contributed by atoms with Crippen LogP contribution in [0.25, 0.3) is 0 Å². The van der Waals surface area contributed by atoms with Gasteiger partial charge in [-0.3, -0.25) is 9.69 Å². The minimum Gasteiger partial charge on any atom is -0.496 e. The molecular weight excluding hydrogens is 322 g/mol. The Hall–Kier alpha value is -1.92. The maximum absolute atomic E-state index is 11.9. The summed E-state index contributed by atoms with van der Waals surface area (Å²) in [5.74, 6) is 0.992. The van der Waals surface area contributed by atoms with Gasteiger partial charge in [-0.25, -0.2) is 4.98 Å². The fourth-order valence-corrected chi connectivity index (χ4v) is 3.83. The maximum atomic E-state index is 11.9. The lowest BCUT2D eigenvalue weighted by Crippen LogP contribution is -2.49. The average Bonchev–Trinajstić information content (AvgIpc) is 3.00. The number of nitrogens with zero attached hydrogens (tertiary/aromatic N) is 3. The molecule has 1 fully saturated rings. The van der Waals surface area contributed by atoms with Crippen LogP contribution in [0.3, 0.4) is 0 Å². The van der Waals surface area contributed by atoms with Gasteiger partial charge in [-0.05, 0) is 13.0 Å². The summed E-state index contributed by atoms with van der Waals surface area (Å²) in [5.41, 5.74) is 2.21. The van der Waals surface area contributed by atoms with Crippen molar-refractivity contribution in [1.29, 1.82) is 0 Å². The lowest BCUT2D eigenvalue weighted by molar-refractivity contribution is -0.132. The summed E-state index contributed by atoms with van der Waals surface area (Å²) in [4.78, 5) is 20.8. The molecule has 5 nitrogen and oxygen atoms in total. The Morgan fingerprint density at radius 2 is 2.17 bits per heavy atom. The van der Waals surface area contributed by atoms with Crippen molar-refractivity contribution in [1.82, 2.24) is 14.8 Å². The van der Waals surface area contributed by atoms with Crippen molar-refractivity contribution >= 4 is 17.2 Å². The number of para-hydroxylation sites is 1. The molecule has 0 radical (unpaired) electrons. The number of thiazole rings is 1. The van der Waals surface area contributed by atoms with E-state index in [-0.39, 0.29) is 11.9 Å². The Kier molecular flexibility index (Phi) is 5.16. The molecule has 3 rings (SSSR count). The lowest BCUT2D eigenvalue weighted by atomic mass is 10.0. The standard InChI is InChI=1S/C18H23N3O2S/c1-13-19-15(12-24-13)10-21-9-8-20(14(2)22)11-17(21)16-6-4-5-7-18(16)23-3/h4-7,12,17H,8-11H2,1-3H3. The second kappa shape index (κ2) is 7.32. The topological polar surface area (TPSA) is 45.7 Å². The Bertz CT molecular complexity index is 716. The van der Waals surface area contributed by atoms with E-state index in [9.17, 15) is 4.79 Å². The number of aryl methyl sites for hydroxylation is 1. The van der Waals surface area contributed by atoms with Crippen molar-refractivity contribution in [2.75, 3.05) is 26.7 Å². The monoisotopic (exact) mass is 345 g/mol. The van der Waals surface area contributed by atoms with Gasteiger partial charge in [0, 0.05) is 44.0 Å². The smallest absolute Gasteiger partial charge is 0.219 e. The zero-order valence-electron chi connectivity index (χ0n) is 14.4. The molecule has 1 aliphatic rings. The lowest BCUT2D eigenvalue weighted by Gasteiger charge is -2.41. The summed E-state index contributed by atoms with van der Waals surface area (Å²) in [6.07, 6.45) is 0. The molecule has 1 saturated heterocycles. The van der Waals surface area contributed by atoms with Crippen LogP contribution in [0.5, 0.6) is 5.75 Å². The molecule has 1 aromatic heterocycles. The van der Waals surface area contributed by atoms with Gasteiger partial charge in [-0.1, -0.05) is 18.2 Å². The zero-order valence-corrected chi connectivity index (χ0v) is 15.2. The zero-order chi connectivity index (χ0) is 17.1. The number of piperazine rings is 1. The number of amides is 1. The number of hydrogen-bond acceptors (Lipinski definition) is 5. The van der Waals surface area contributed by atoms with Crippen LogP contribution in [0.2, 0.25) is 0 Å². The molecule has 0 bridgehead atoms. The number of hydrogen-bond donors (Lipinski definition) is 0. The van der Waals surface area contributed by atoms with E-state index in [1.165, 1.54) is 0 Å². The summed E-state index contributed by atoms with van der Waals surface area (Å²) < 4.78 is 5.55. The Morgan fingerprint density at radius 1 is 1.38 bits per heavy atom. The third-order valence-corrected chi connectivity index (χ3v) is 5.29. The van der Waals surface area contributed by atoms with Crippen LogP contribution in [-0.2, 0) is 11.3 Å². The van der Waals surface area contributed by atoms with E-state index in [4.69, 9.17) is 4.74 Å². The van der Waals surface area contributed by atoms with Crippen LogP contribution in [0.1, 0.15) is 29.2 Å². The third kappa shape index (κ3) is 3.60. The van der Waals surface area contributed by atoms with Crippen molar-refractivity contribution in [3.63, 3.8) is 0 Å². The van der Waals surface area contributed by atoms with Gasteiger partial charge in [0.15, 0.2) is 0 Å². The molecule has 1 aromatic carbocycles. The Balaban J connectivity index is 1.89. The molecule has 2 heterocycles. The summed E-state index contributed by atoms with van der Waals surface area (Å²) in [7, 11) is 1.69. The summed E-state index contributed by atoms with van der Waals surface area (Å²) in [6.45, 7) is 6.72. The first-order chi connectivity index (χ1) is 11.6. The first-order valence-corrected chi connectivity index (χ1v) is 9.00. The fraction of sp³-hybridized carbons (Fsp3) is 0.444. The van der Waals surface area contributed by atoms with Crippen molar-refractivity contribution in [2.45, 2.75) is 26.4 Å². The quantitative estimate of drug-likeness (QED) is 0.855. The van der Waals surface area contributed by atoms with Gasteiger partial charge in [0.2, 0.25) is 5.91 Å². The van der Waals surface area contributed by atoms with Gasteiger partial charge >= 0.3 is 0 Å². The average molecular weight is 345 g/mol. The molecule has 0 aliphatic carbocycles. The Morgan fingerprint density at radius 3 is 2.83 bits per heavy atom. The summed E-state index contributed by atoms with van der Waals surface area (Å²) >= 11 is 1.68. The minimum atomic E-state index is 0.112. The second-order valence-electron chi connectivity index (χ2n) is 6.05. The number of ether oxygens (including phenoxy) is 1. The van der Waals surface area contributed by atoms with Crippen LogP contribution in [-0.4, -0.2) is 47.4 Å². The third-order valence-electron chi connectivity index (χ3n) is 4.47. The molecule has 24 heavy (non-hydrogen) atoms. The number of carbonyl (C=O) groups is 1. The minimum absolute atomic E-state index is 0.112. The highest BCUT2D eigenvalue weighted by atomic mass is 32.1. The molecule has 0 saturated carbocycles. The highest BCUT2D eigenvalue weighted by molar-refractivity contribution is 7.09. The summed E-state index contributed by atoms with van der Waals surface area (Å²) in [5, 5.41) is 3.20. The van der Waals surface area contributed by atoms with Gasteiger partial charge in [0.05, 0.1) is 23.9 Å². The van der Waals surface area contributed by atoms with Gasteiger partial charge in [-0.15, -0.1) is 11.3 Å². The first kappa shape index (κ1) is 16.9. The van der Waals surface area contributed by atoms with E-state index in [0.29, 0.717) is 6.54 Å². The predicted octanol–water partition coefficient (Wildman–Crippen LogP) is 2.87. The van der Waals surface area contributed by atoms with E-state index in [1.54, 1.807) is 25.4 Å². The number of benzene rings is 1. The number of rotatable bonds is 4. The normalized spacial score (nSPS) is 18.6. The van der Waals surface area contributed by atoms with E-state index >= 15 is 0 Å². The first-order valence-electron chi connectivity index (χ1n) is 8.12. The van der Waals surface area contributed by atoms with E-state index in [2.05, 4.69) is 21.3 Å². The van der Waals surface area contributed by atoms with Crippen LogP contribution in [0.4, 0.5) is 0 Å².